The molecular weight excluding hydrogens is 516 g/mol. The number of hydrogen-bond donors (Lipinski definition) is 1. The second kappa shape index (κ2) is 11.1. The van der Waals surface area contributed by atoms with Crippen molar-refractivity contribution in [2.45, 2.75) is 19.4 Å². The van der Waals surface area contributed by atoms with Crippen molar-refractivity contribution in [3.63, 3.8) is 0 Å². The van der Waals surface area contributed by atoms with Gasteiger partial charge in [-0.2, -0.15) is 5.10 Å². The van der Waals surface area contributed by atoms with Crippen molar-refractivity contribution in [3.8, 4) is 11.5 Å². The number of rotatable bonds is 8. The highest BCUT2D eigenvalue weighted by atomic mass is 79.9. The zero-order valence-corrected chi connectivity index (χ0v) is 20.6. The Morgan fingerprint density at radius 1 is 1.06 bits per heavy atom. The number of ether oxygens (including phenoxy) is 2. The monoisotopic (exact) mass is 536 g/mol. The molecule has 3 aromatic carbocycles. The Morgan fingerprint density at radius 2 is 1.85 bits per heavy atom. The molecule has 6 nitrogen and oxygen atoms in total. The van der Waals surface area contributed by atoms with Gasteiger partial charge in [0.1, 0.15) is 16.4 Å². The van der Waals surface area contributed by atoms with Crippen LogP contribution in [0, 0.1) is 0 Å². The van der Waals surface area contributed by atoms with Crippen LogP contribution >= 0.6 is 27.3 Å². The number of hydrazone groups is 1. The molecule has 1 unspecified atom stereocenters. The number of benzene rings is 3. The van der Waals surface area contributed by atoms with Gasteiger partial charge in [0, 0.05) is 0 Å². The van der Waals surface area contributed by atoms with Crippen LogP contribution in [0.25, 0.3) is 10.8 Å². The van der Waals surface area contributed by atoms with E-state index in [0.717, 1.165) is 20.8 Å². The summed E-state index contributed by atoms with van der Waals surface area (Å²) >= 11 is 4.91. The van der Waals surface area contributed by atoms with Gasteiger partial charge in [0.25, 0.3) is 5.91 Å². The number of esters is 1. The minimum atomic E-state index is -0.700. The van der Waals surface area contributed by atoms with E-state index in [2.05, 4.69) is 26.5 Å². The van der Waals surface area contributed by atoms with Crippen LogP contribution in [0.4, 0.5) is 0 Å². The van der Waals surface area contributed by atoms with Crippen LogP contribution in [0.15, 0.2) is 87.8 Å². The molecule has 1 atom stereocenters. The predicted molar refractivity (Wildman–Crippen MR) is 138 cm³/mol. The van der Waals surface area contributed by atoms with E-state index in [0.29, 0.717) is 22.8 Å². The molecule has 0 spiro atoms. The quantitative estimate of drug-likeness (QED) is 0.126. The number of thiophene rings is 1. The summed E-state index contributed by atoms with van der Waals surface area (Å²) in [6.45, 7) is 1.87. The summed E-state index contributed by atoms with van der Waals surface area (Å²) in [5.74, 6) is 0.282. The molecule has 0 radical (unpaired) electrons. The molecule has 0 saturated carbocycles. The molecule has 0 fully saturated rings. The molecule has 1 heterocycles. The fraction of sp³-hybridized carbons (Fsp3) is 0.115. The molecule has 0 aliphatic heterocycles. The Labute approximate surface area is 209 Å². The Bertz CT molecular complexity index is 1320. The number of nitrogens with one attached hydrogen (secondary N) is 1. The third kappa shape index (κ3) is 5.70. The second-order valence-corrected chi connectivity index (χ2v) is 9.02. The van der Waals surface area contributed by atoms with Crippen LogP contribution in [0.2, 0.25) is 0 Å². The van der Waals surface area contributed by atoms with Crippen molar-refractivity contribution in [3.05, 3.63) is 93.1 Å². The summed E-state index contributed by atoms with van der Waals surface area (Å²) in [6, 6.07) is 22.1. The fourth-order valence-electron chi connectivity index (χ4n) is 3.20. The first kappa shape index (κ1) is 23.7. The first-order valence-corrected chi connectivity index (χ1v) is 12.2. The van der Waals surface area contributed by atoms with Crippen LogP contribution in [0.3, 0.4) is 0 Å². The third-order valence-corrected chi connectivity index (χ3v) is 6.63. The number of fused-ring (bicyclic) bond motifs is 1. The van der Waals surface area contributed by atoms with Crippen molar-refractivity contribution >= 4 is 56.1 Å². The molecular formula is C26H21BrN2O4S. The Hall–Kier alpha value is -3.49. The molecule has 1 N–H and O–H groups in total. The van der Waals surface area contributed by atoms with E-state index in [1.807, 2.05) is 48.7 Å². The van der Waals surface area contributed by atoms with Gasteiger partial charge in [0.05, 0.1) is 10.7 Å². The van der Waals surface area contributed by atoms with Crippen molar-refractivity contribution in [2.24, 2.45) is 5.10 Å². The van der Waals surface area contributed by atoms with E-state index in [1.165, 1.54) is 17.6 Å². The summed E-state index contributed by atoms with van der Waals surface area (Å²) in [6.07, 6.45) is 1.29. The standard InChI is InChI=1S/C26H21BrN2O4S/c1-2-21(33-22-14-11-18-6-3-4-7-20(18)24(22)27)25(30)29-28-16-17-9-12-19(13-10-17)32-26(31)23-8-5-15-34-23/h3-16,21H,2H2,1H3,(H,29,30)/b28-16+. The van der Waals surface area contributed by atoms with E-state index in [1.54, 1.807) is 36.4 Å². The zero-order chi connectivity index (χ0) is 23.9. The molecule has 172 valence electrons. The number of nitrogens with zero attached hydrogens (tertiary/aromatic N) is 1. The van der Waals surface area contributed by atoms with Gasteiger partial charge in [-0.05, 0) is 80.5 Å². The lowest BCUT2D eigenvalue weighted by Gasteiger charge is -2.17. The zero-order valence-electron chi connectivity index (χ0n) is 18.2. The minimum Gasteiger partial charge on any atom is -0.479 e. The average Bonchev–Trinajstić information content (AvgIpc) is 3.40. The smallest absolute Gasteiger partial charge is 0.353 e. The highest BCUT2D eigenvalue weighted by Crippen LogP contribution is 2.33. The summed E-state index contributed by atoms with van der Waals surface area (Å²) in [5.41, 5.74) is 3.27. The molecule has 4 rings (SSSR count). The summed E-state index contributed by atoms with van der Waals surface area (Å²) < 4.78 is 12.1. The highest BCUT2D eigenvalue weighted by molar-refractivity contribution is 9.10. The first-order chi connectivity index (χ1) is 16.5. The third-order valence-electron chi connectivity index (χ3n) is 4.96. The van der Waals surface area contributed by atoms with E-state index < -0.39 is 12.1 Å². The minimum absolute atomic E-state index is 0.347. The fourth-order valence-corrected chi connectivity index (χ4v) is 4.38. The van der Waals surface area contributed by atoms with Gasteiger partial charge in [-0.15, -0.1) is 11.3 Å². The van der Waals surface area contributed by atoms with Gasteiger partial charge in [-0.3, -0.25) is 4.79 Å². The molecule has 0 aliphatic carbocycles. The molecule has 1 aromatic heterocycles. The van der Waals surface area contributed by atoms with Crippen LogP contribution in [0.5, 0.6) is 11.5 Å². The van der Waals surface area contributed by atoms with Crippen molar-refractivity contribution in [1.29, 1.82) is 0 Å². The molecule has 0 saturated heterocycles. The van der Waals surface area contributed by atoms with E-state index in [-0.39, 0.29) is 5.91 Å². The van der Waals surface area contributed by atoms with Crippen LogP contribution in [-0.2, 0) is 4.79 Å². The lowest BCUT2D eigenvalue weighted by Crippen LogP contribution is -2.35. The normalized spacial score (nSPS) is 11.9. The van der Waals surface area contributed by atoms with Gasteiger partial charge >= 0.3 is 5.97 Å². The van der Waals surface area contributed by atoms with Crippen molar-refractivity contribution < 1.29 is 19.1 Å². The maximum atomic E-state index is 12.6. The highest BCUT2D eigenvalue weighted by Gasteiger charge is 2.19. The second-order valence-electron chi connectivity index (χ2n) is 7.28. The molecule has 1 amide bonds. The lowest BCUT2D eigenvalue weighted by molar-refractivity contribution is -0.128. The maximum Gasteiger partial charge on any atom is 0.353 e. The van der Waals surface area contributed by atoms with Crippen molar-refractivity contribution in [2.75, 3.05) is 0 Å². The summed E-state index contributed by atoms with van der Waals surface area (Å²) in [7, 11) is 0. The van der Waals surface area contributed by atoms with Gasteiger partial charge in [-0.1, -0.05) is 43.3 Å². The van der Waals surface area contributed by atoms with Crippen LogP contribution < -0.4 is 14.9 Å². The molecule has 34 heavy (non-hydrogen) atoms. The van der Waals surface area contributed by atoms with E-state index in [9.17, 15) is 9.59 Å². The van der Waals surface area contributed by atoms with Gasteiger partial charge in [-0.25, -0.2) is 10.2 Å². The van der Waals surface area contributed by atoms with Gasteiger partial charge < -0.3 is 9.47 Å². The van der Waals surface area contributed by atoms with Gasteiger partial charge in [0.2, 0.25) is 0 Å². The van der Waals surface area contributed by atoms with Crippen LogP contribution in [-0.4, -0.2) is 24.2 Å². The van der Waals surface area contributed by atoms with E-state index >= 15 is 0 Å². The molecule has 0 aliphatic rings. The number of carbonyl (C=O) groups excluding carboxylic acids is 2. The Kier molecular flexibility index (Phi) is 7.72. The number of carbonyl (C=O) groups is 2. The SMILES string of the molecule is CCC(Oc1ccc2ccccc2c1Br)C(=O)N/N=C/c1ccc(OC(=O)c2cccs2)cc1. The number of hydrogen-bond acceptors (Lipinski definition) is 6. The number of amides is 1. The molecule has 0 bridgehead atoms. The van der Waals surface area contributed by atoms with E-state index in [4.69, 9.17) is 9.47 Å². The maximum absolute atomic E-state index is 12.6. The predicted octanol–water partition coefficient (Wildman–Crippen LogP) is 6.19. The Morgan fingerprint density at radius 3 is 2.59 bits per heavy atom. The Balaban J connectivity index is 1.34. The van der Waals surface area contributed by atoms with Crippen molar-refractivity contribution in [1.82, 2.24) is 5.43 Å². The van der Waals surface area contributed by atoms with Crippen LogP contribution in [0.1, 0.15) is 28.6 Å². The lowest BCUT2D eigenvalue weighted by atomic mass is 10.1. The molecule has 4 aromatic rings. The topological polar surface area (TPSA) is 77.0 Å². The first-order valence-electron chi connectivity index (χ1n) is 10.6. The molecule has 8 heteroatoms. The number of halogens is 1. The average molecular weight is 537 g/mol. The largest absolute Gasteiger partial charge is 0.479 e. The van der Waals surface area contributed by atoms with Gasteiger partial charge in [0.15, 0.2) is 6.10 Å². The summed E-state index contributed by atoms with van der Waals surface area (Å²) in [5, 5.41) is 7.94. The summed E-state index contributed by atoms with van der Waals surface area (Å²) in [4.78, 5) is 25.2.